The van der Waals surface area contributed by atoms with E-state index in [4.69, 9.17) is 4.74 Å². The summed E-state index contributed by atoms with van der Waals surface area (Å²) in [5, 5.41) is 3.31. The second-order valence-corrected chi connectivity index (χ2v) is 6.05. The molecule has 0 bridgehead atoms. The molecule has 6 heteroatoms. The van der Waals surface area contributed by atoms with E-state index in [1.807, 2.05) is 6.92 Å². The molecule has 0 saturated carbocycles. The van der Waals surface area contributed by atoms with Crippen LogP contribution in [-0.4, -0.2) is 10.9 Å². The summed E-state index contributed by atoms with van der Waals surface area (Å²) in [7, 11) is 0. The summed E-state index contributed by atoms with van der Waals surface area (Å²) in [5.41, 5.74) is 0.504. The lowest BCUT2D eigenvalue weighted by Crippen LogP contribution is -2.11. The number of carbonyl (C=O) groups excluding carboxylic acids is 1. The fourth-order valence-corrected chi connectivity index (χ4v) is 2.55. The number of anilines is 1. The first-order valence-corrected chi connectivity index (χ1v) is 7.69. The number of aryl methyl sites for hydroxylation is 1. The van der Waals surface area contributed by atoms with E-state index in [1.165, 1.54) is 23.5 Å². The van der Waals surface area contributed by atoms with Crippen molar-refractivity contribution in [2.45, 2.75) is 6.92 Å². The molecular formula is C17H13FN2O2S. The molecule has 2 aromatic carbocycles. The molecule has 0 fully saturated rings. The molecule has 23 heavy (non-hydrogen) atoms. The smallest absolute Gasteiger partial charge is 0.257 e. The van der Waals surface area contributed by atoms with Gasteiger partial charge >= 0.3 is 0 Å². The third-order valence-electron chi connectivity index (χ3n) is 3.01. The van der Waals surface area contributed by atoms with E-state index in [2.05, 4.69) is 10.3 Å². The monoisotopic (exact) mass is 328 g/mol. The molecule has 116 valence electrons. The molecule has 1 heterocycles. The predicted molar refractivity (Wildman–Crippen MR) is 87.7 cm³/mol. The van der Waals surface area contributed by atoms with E-state index >= 15 is 0 Å². The Hall–Kier alpha value is -2.73. The van der Waals surface area contributed by atoms with Crippen molar-refractivity contribution >= 4 is 22.4 Å². The standard InChI is InChI=1S/C17H13FN2O2S/c1-11-10-19-17(23-11)20-16(21)12-2-6-14(7-3-12)22-15-8-4-13(18)5-9-15/h2-10H,1H3,(H,19,20,21). The van der Waals surface area contributed by atoms with Gasteiger partial charge in [-0.2, -0.15) is 0 Å². The molecule has 3 rings (SSSR count). The van der Waals surface area contributed by atoms with E-state index in [0.717, 1.165) is 4.88 Å². The van der Waals surface area contributed by atoms with Crippen LogP contribution < -0.4 is 10.1 Å². The van der Waals surface area contributed by atoms with Crippen molar-refractivity contribution in [1.82, 2.24) is 4.98 Å². The quantitative estimate of drug-likeness (QED) is 0.759. The van der Waals surface area contributed by atoms with E-state index in [1.54, 1.807) is 42.6 Å². The van der Waals surface area contributed by atoms with Gasteiger partial charge in [0.2, 0.25) is 0 Å². The lowest BCUT2D eigenvalue weighted by atomic mass is 10.2. The SMILES string of the molecule is Cc1cnc(NC(=O)c2ccc(Oc3ccc(F)cc3)cc2)s1. The maximum atomic E-state index is 12.8. The van der Waals surface area contributed by atoms with Crippen LogP contribution >= 0.6 is 11.3 Å². The molecule has 3 aromatic rings. The van der Waals surface area contributed by atoms with Crippen LogP contribution in [0.3, 0.4) is 0 Å². The molecule has 1 N–H and O–H groups in total. The average molecular weight is 328 g/mol. The van der Waals surface area contributed by atoms with Crippen molar-refractivity contribution in [2.24, 2.45) is 0 Å². The summed E-state index contributed by atoms with van der Waals surface area (Å²) >= 11 is 1.42. The summed E-state index contributed by atoms with van der Waals surface area (Å²) in [6, 6.07) is 12.4. The molecule has 0 aliphatic heterocycles. The second kappa shape index (κ2) is 6.58. The van der Waals surface area contributed by atoms with E-state index in [-0.39, 0.29) is 11.7 Å². The van der Waals surface area contributed by atoms with Gasteiger partial charge in [0.25, 0.3) is 5.91 Å². The van der Waals surface area contributed by atoms with Gasteiger partial charge in [0.1, 0.15) is 17.3 Å². The fourth-order valence-electron chi connectivity index (χ4n) is 1.89. The number of hydrogen-bond acceptors (Lipinski definition) is 4. The molecule has 0 aliphatic rings. The Morgan fingerprint density at radius 1 is 1.09 bits per heavy atom. The summed E-state index contributed by atoms with van der Waals surface area (Å²) < 4.78 is 18.4. The molecule has 4 nitrogen and oxygen atoms in total. The van der Waals surface area contributed by atoms with E-state index in [0.29, 0.717) is 22.2 Å². The van der Waals surface area contributed by atoms with Crippen molar-refractivity contribution in [1.29, 1.82) is 0 Å². The van der Waals surface area contributed by atoms with Gasteiger partial charge in [-0.1, -0.05) is 0 Å². The molecule has 0 radical (unpaired) electrons. The molecular weight excluding hydrogens is 315 g/mol. The van der Waals surface area contributed by atoms with Crippen molar-refractivity contribution in [3.63, 3.8) is 0 Å². The maximum absolute atomic E-state index is 12.8. The molecule has 0 unspecified atom stereocenters. The molecule has 0 spiro atoms. The van der Waals surface area contributed by atoms with Gasteiger partial charge in [0.05, 0.1) is 0 Å². The molecule has 0 saturated heterocycles. The van der Waals surface area contributed by atoms with Gasteiger partial charge in [-0.3, -0.25) is 10.1 Å². The van der Waals surface area contributed by atoms with Crippen LogP contribution in [0.15, 0.2) is 54.7 Å². The molecule has 0 aliphatic carbocycles. The Bertz CT molecular complexity index is 813. The highest BCUT2D eigenvalue weighted by Crippen LogP contribution is 2.22. The number of benzene rings is 2. The van der Waals surface area contributed by atoms with Crippen LogP contribution in [0.4, 0.5) is 9.52 Å². The minimum Gasteiger partial charge on any atom is -0.457 e. The normalized spacial score (nSPS) is 10.3. The van der Waals surface area contributed by atoms with Crippen LogP contribution in [0.1, 0.15) is 15.2 Å². The topological polar surface area (TPSA) is 51.2 Å². The number of halogens is 1. The summed E-state index contributed by atoms with van der Waals surface area (Å²) in [6.45, 7) is 1.93. The third-order valence-corrected chi connectivity index (χ3v) is 3.84. The first-order valence-electron chi connectivity index (χ1n) is 6.87. The number of carbonyl (C=O) groups is 1. The lowest BCUT2D eigenvalue weighted by molar-refractivity contribution is 0.102. The van der Waals surface area contributed by atoms with Gasteiger partial charge in [-0.25, -0.2) is 9.37 Å². The van der Waals surface area contributed by atoms with Crippen LogP contribution in [0.25, 0.3) is 0 Å². The maximum Gasteiger partial charge on any atom is 0.257 e. The third kappa shape index (κ3) is 3.92. The molecule has 1 amide bonds. The van der Waals surface area contributed by atoms with Gasteiger partial charge in [0, 0.05) is 16.6 Å². The highest BCUT2D eigenvalue weighted by molar-refractivity contribution is 7.15. The highest BCUT2D eigenvalue weighted by atomic mass is 32.1. The van der Waals surface area contributed by atoms with E-state index in [9.17, 15) is 9.18 Å². The first-order chi connectivity index (χ1) is 11.1. The van der Waals surface area contributed by atoms with Crippen molar-refractivity contribution in [2.75, 3.05) is 5.32 Å². The number of rotatable bonds is 4. The first kappa shape index (κ1) is 15.2. The molecule has 1 aromatic heterocycles. The van der Waals surface area contributed by atoms with Crippen molar-refractivity contribution < 1.29 is 13.9 Å². The number of hydrogen-bond donors (Lipinski definition) is 1. The van der Waals surface area contributed by atoms with Crippen LogP contribution in [-0.2, 0) is 0 Å². The highest BCUT2D eigenvalue weighted by Gasteiger charge is 2.08. The summed E-state index contributed by atoms with van der Waals surface area (Å²) in [5.74, 6) is 0.551. The number of aromatic nitrogens is 1. The van der Waals surface area contributed by atoms with Crippen LogP contribution in [0.5, 0.6) is 11.5 Å². The number of amides is 1. The Morgan fingerprint density at radius 2 is 1.70 bits per heavy atom. The molecule has 0 atom stereocenters. The average Bonchev–Trinajstić information content (AvgIpc) is 2.95. The Balaban J connectivity index is 1.66. The van der Waals surface area contributed by atoms with Crippen LogP contribution in [0.2, 0.25) is 0 Å². The number of thiazole rings is 1. The van der Waals surface area contributed by atoms with Gasteiger partial charge in [-0.05, 0) is 55.5 Å². The van der Waals surface area contributed by atoms with Crippen molar-refractivity contribution in [3.05, 3.63) is 71.0 Å². The Morgan fingerprint density at radius 3 is 2.26 bits per heavy atom. The Kier molecular flexibility index (Phi) is 4.34. The minimum atomic E-state index is -0.318. The van der Waals surface area contributed by atoms with Crippen molar-refractivity contribution in [3.8, 4) is 11.5 Å². The number of nitrogens with one attached hydrogen (secondary N) is 1. The Labute approximate surface area is 136 Å². The van der Waals surface area contributed by atoms with Gasteiger partial charge < -0.3 is 4.74 Å². The van der Waals surface area contributed by atoms with E-state index < -0.39 is 0 Å². The zero-order chi connectivity index (χ0) is 16.2. The zero-order valence-electron chi connectivity index (χ0n) is 12.2. The lowest BCUT2D eigenvalue weighted by Gasteiger charge is -2.06. The predicted octanol–water partition coefficient (Wildman–Crippen LogP) is 4.64. The largest absolute Gasteiger partial charge is 0.457 e. The van der Waals surface area contributed by atoms with Gasteiger partial charge in [0.15, 0.2) is 5.13 Å². The second-order valence-electron chi connectivity index (χ2n) is 4.81. The fraction of sp³-hybridized carbons (Fsp3) is 0.0588. The summed E-state index contributed by atoms with van der Waals surface area (Å²) in [4.78, 5) is 17.2. The van der Waals surface area contributed by atoms with Gasteiger partial charge in [-0.15, -0.1) is 11.3 Å². The van der Waals surface area contributed by atoms with Crippen LogP contribution in [0, 0.1) is 12.7 Å². The number of nitrogens with zero attached hydrogens (tertiary/aromatic N) is 1. The summed E-state index contributed by atoms with van der Waals surface area (Å²) in [6.07, 6.45) is 1.71. The minimum absolute atomic E-state index is 0.229. The number of ether oxygens (including phenoxy) is 1. The zero-order valence-corrected chi connectivity index (χ0v) is 13.1.